The minimum Gasteiger partial charge on any atom is -0.475 e. The number of rotatable bonds is 17. The molecule has 54 heavy (non-hydrogen) atoms. The van der Waals surface area contributed by atoms with E-state index >= 15 is 0 Å². The average molecular weight is 808 g/mol. The molecular formula is C32H54F9N5O8. The first-order valence-electron chi connectivity index (χ1n) is 17.6. The van der Waals surface area contributed by atoms with E-state index in [9.17, 15) is 49.1 Å². The van der Waals surface area contributed by atoms with E-state index in [1.54, 1.807) is 0 Å². The Hall–Kier alpha value is -3.40. The topological polar surface area (TPSA) is 220 Å². The molecule has 2 aliphatic carbocycles. The number of hydrogen-bond donors (Lipinski definition) is 8. The molecule has 13 nitrogen and oxygen atoms in total. The maximum atomic E-state index is 13.0. The molecule has 0 saturated heterocycles. The van der Waals surface area contributed by atoms with Crippen molar-refractivity contribution in [2.75, 3.05) is 39.3 Å². The summed E-state index contributed by atoms with van der Waals surface area (Å²) < 4.78 is 95.2. The van der Waals surface area contributed by atoms with Gasteiger partial charge in [-0.05, 0) is 83.6 Å². The molecule has 0 unspecified atom stereocenters. The van der Waals surface area contributed by atoms with Gasteiger partial charge in [-0.2, -0.15) is 39.5 Å². The van der Waals surface area contributed by atoms with E-state index in [4.69, 9.17) is 35.4 Å². The third-order valence-electron chi connectivity index (χ3n) is 7.97. The molecule has 0 bridgehead atoms. The van der Waals surface area contributed by atoms with Crippen LogP contribution in [0.5, 0.6) is 0 Å². The maximum Gasteiger partial charge on any atom is 0.490 e. The van der Waals surface area contributed by atoms with Crippen molar-refractivity contribution >= 4 is 29.7 Å². The molecule has 1 atom stereocenters. The van der Waals surface area contributed by atoms with Crippen molar-refractivity contribution in [3.63, 3.8) is 0 Å². The number of carboxylic acids is 3. The molecular weight excluding hydrogens is 753 g/mol. The molecule has 0 aromatic rings. The number of nitrogens with one attached hydrogen (secondary N) is 4. The monoisotopic (exact) mass is 807 g/mol. The smallest absolute Gasteiger partial charge is 0.475 e. The molecule has 9 N–H and O–H groups in total. The van der Waals surface area contributed by atoms with E-state index in [-0.39, 0.29) is 23.8 Å². The molecule has 2 aliphatic rings. The molecule has 2 saturated carbocycles. The Kier molecular flexibility index (Phi) is 28.3. The summed E-state index contributed by atoms with van der Waals surface area (Å²) in [5.41, 5.74) is 5.48. The fourth-order valence-corrected chi connectivity index (χ4v) is 5.17. The molecule has 318 valence electrons. The summed E-state index contributed by atoms with van der Waals surface area (Å²) in [7, 11) is 0. The number of aliphatic carboxylic acids is 3. The first-order valence-corrected chi connectivity index (χ1v) is 17.6. The van der Waals surface area contributed by atoms with Crippen LogP contribution in [-0.2, 0) is 24.0 Å². The van der Waals surface area contributed by atoms with Gasteiger partial charge in [-0.3, -0.25) is 9.59 Å². The number of unbranched alkanes of at least 4 members (excludes halogenated alkanes) is 1. The Bertz CT molecular complexity index is 1010. The summed E-state index contributed by atoms with van der Waals surface area (Å²) in [6.07, 6.45) is 1.44. The van der Waals surface area contributed by atoms with Crippen LogP contribution in [0.4, 0.5) is 39.5 Å². The van der Waals surface area contributed by atoms with Crippen LogP contribution in [0.2, 0.25) is 0 Å². The lowest BCUT2D eigenvalue weighted by molar-refractivity contribution is -0.193. The van der Waals surface area contributed by atoms with E-state index in [2.05, 4.69) is 21.3 Å². The molecule has 0 heterocycles. The van der Waals surface area contributed by atoms with Crippen molar-refractivity contribution in [1.29, 1.82) is 0 Å². The second kappa shape index (κ2) is 29.0. The Balaban J connectivity index is 0. The van der Waals surface area contributed by atoms with Crippen LogP contribution in [0.15, 0.2) is 0 Å². The zero-order valence-corrected chi connectivity index (χ0v) is 29.9. The van der Waals surface area contributed by atoms with Crippen molar-refractivity contribution in [1.82, 2.24) is 21.3 Å². The molecule has 0 spiro atoms. The maximum absolute atomic E-state index is 13.0. The lowest BCUT2D eigenvalue weighted by Crippen LogP contribution is -2.50. The molecule has 0 aliphatic heterocycles. The van der Waals surface area contributed by atoms with Crippen LogP contribution < -0.4 is 27.0 Å². The number of carboxylic acid groups (broad SMARTS) is 3. The molecule has 2 fully saturated rings. The summed E-state index contributed by atoms with van der Waals surface area (Å²) in [5.74, 6) is -7.50. The minimum absolute atomic E-state index is 0.00767. The van der Waals surface area contributed by atoms with Crippen LogP contribution in [0.1, 0.15) is 96.3 Å². The average Bonchev–Trinajstić information content (AvgIpc) is 3.08. The second-order valence-corrected chi connectivity index (χ2v) is 12.5. The zero-order valence-electron chi connectivity index (χ0n) is 29.9. The highest BCUT2D eigenvalue weighted by Crippen LogP contribution is 2.28. The Morgan fingerprint density at radius 3 is 1.33 bits per heavy atom. The van der Waals surface area contributed by atoms with E-state index in [0.717, 1.165) is 90.5 Å². The summed E-state index contributed by atoms with van der Waals surface area (Å²) in [6.45, 7) is 5.38. The van der Waals surface area contributed by atoms with Crippen molar-refractivity contribution < 1.29 is 78.8 Å². The van der Waals surface area contributed by atoms with Crippen LogP contribution in [0, 0.1) is 11.8 Å². The van der Waals surface area contributed by atoms with Gasteiger partial charge in [-0.1, -0.05) is 51.4 Å². The Labute approximate surface area is 307 Å². The van der Waals surface area contributed by atoms with Crippen LogP contribution >= 0.6 is 0 Å². The molecule has 2 amide bonds. The zero-order chi connectivity index (χ0) is 41.8. The van der Waals surface area contributed by atoms with E-state index in [0.29, 0.717) is 12.5 Å². The lowest BCUT2D eigenvalue weighted by Gasteiger charge is -2.28. The minimum atomic E-state index is -5.08. The standard InChI is InChI=1S/C26H51N5O2.3C2HF3O2/c27-15-9-18-28-16-7-8-17-29-19-10-20-30-26(33)24(21-22-11-3-1-4-12-22)31-25(32)23-13-5-2-6-14-23;3*3-2(4,5)1(6)7/h22-24,28-29H,1-21,27H2,(H,30,33)(H,31,32);3*(H,6,7)/t24-;;;/m0.../s1. The fraction of sp³-hybridized carbons (Fsp3) is 0.844. The highest BCUT2D eigenvalue weighted by molar-refractivity contribution is 5.88. The van der Waals surface area contributed by atoms with Crippen molar-refractivity contribution in [2.45, 2.75) is 121 Å². The summed E-state index contributed by atoms with van der Waals surface area (Å²) in [4.78, 5) is 52.5. The van der Waals surface area contributed by atoms with Gasteiger partial charge in [0.15, 0.2) is 0 Å². The van der Waals surface area contributed by atoms with Gasteiger partial charge in [0, 0.05) is 12.5 Å². The number of halogens is 9. The van der Waals surface area contributed by atoms with Gasteiger partial charge in [0.25, 0.3) is 0 Å². The first kappa shape index (κ1) is 52.7. The van der Waals surface area contributed by atoms with Gasteiger partial charge in [-0.25, -0.2) is 14.4 Å². The number of amides is 2. The highest BCUT2D eigenvalue weighted by Gasteiger charge is 2.39. The van der Waals surface area contributed by atoms with Crippen LogP contribution in [0.3, 0.4) is 0 Å². The van der Waals surface area contributed by atoms with Gasteiger partial charge in [0.05, 0.1) is 0 Å². The van der Waals surface area contributed by atoms with Crippen LogP contribution in [0.25, 0.3) is 0 Å². The third-order valence-corrected chi connectivity index (χ3v) is 7.97. The van der Waals surface area contributed by atoms with Crippen LogP contribution in [-0.4, -0.2) is 109 Å². The quantitative estimate of drug-likeness (QED) is 0.0742. The molecule has 22 heteroatoms. The predicted octanol–water partition coefficient (Wildman–Crippen LogP) is 4.74. The van der Waals surface area contributed by atoms with E-state index in [1.165, 1.54) is 38.5 Å². The largest absolute Gasteiger partial charge is 0.490 e. The highest BCUT2D eigenvalue weighted by atomic mass is 19.4. The van der Waals surface area contributed by atoms with E-state index in [1.807, 2.05) is 0 Å². The summed E-state index contributed by atoms with van der Waals surface area (Å²) in [6, 6.07) is -0.373. The van der Waals surface area contributed by atoms with Gasteiger partial charge < -0.3 is 42.3 Å². The number of hydrogen-bond acceptors (Lipinski definition) is 8. The fourth-order valence-electron chi connectivity index (χ4n) is 5.17. The number of nitrogens with two attached hydrogens (primary N) is 1. The molecule has 0 aromatic heterocycles. The number of carbonyl (C=O) groups is 5. The SMILES string of the molecule is NCCCNCCCCNCCCNC(=O)[C@H](CC1CCCCC1)NC(=O)C1CCCCC1.O=C(O)C(F)(F)F.O=C(O)C(F)(F)F.O=C(O)C(F)(F)F. The van der Waals surface area contributed by atoms with Gasteiger partial charge >= 0.3 is 36.4 Å². The summed E-state index contributed by atoms with van der Waals surface area (Å²) in [5, 5.41) is 34.5. The summed E-state index contributed by atoms with van der Waals surface area (Å²) >= 11 is 0. The van der Waals surface area contributed by atoms with Crippen molar-refractivity contribution in [2.24, 2.45) is 17.6 Å². The van der Waals surface area contributed by atoms with E-state index < -0.39 is 36.4 Å². The van der Waals surface area contributed by atoms with Crippen molar-refractivity contribution in [3.05, 3.63) is 0 Å². The molecule has 0 aromatic carbocycles. The van der Waals surface area contributed by atoms with Gasteiger partial charge in [0.2, 0.25) is 11.8 Å². The van der Waals surface area contributed by atoms with Gasteiger partial charge in [0.1, 0.15) is 6.04 Å². The predicted molar refractivity (Wildman–Crippen MR) is 177 cm³/mol. The number of alkyl halides is 9. The molecule has 0 radical (unpaired) electrons. The first-order chi connectivity index (χ1) is 25.0. The Morgan fingerprint density at radius 2 is 0.944 bits per heavy atom. The number of carbonyl (C=O) groups excluding carboxylic acids is 2. The van der Waals surface area contributed by atoms with Crippen molar-refractivity contribution in [3.8, 4) is 0 Å². The van der Waals surface area contributed by atoms with Gasteiger partial charge in [-0.15, -0.1) is 0 Å². The normalized spacial score (nSPS) is 15.8. The lowest BCUT2D eigenvalue weighted by atomic mass is 9.84. The molecule has 2 rings (SSSR count). The third kappa shape index (κ3) is 30.0. The second-order valence-electron chi connectivity index (χ2n) is 12.5. The Morgan fingerprint density at radius 1 is 0.574 bits per heavy atom.